The van der Waals surface area contributed by atoms with Crippen LogP contribution in [0.3, 0.4) is 0 Å². The molecular weight excluding hydrogens is 342 g/mol. The van der Waals surface area contributed by atoms with Gasteiger partial charge in [-0.3, -0.25) is 4.79 Å². The molecule has 0 bridgehead atoms. The first-order chi connectivity index (χ1) is 11.0. The zero-order valence-electron chi connectivity index (χ0n) is 12.2. The molecule has 134 valence electrons. The minimum Gasteiger partial charge on any atom is -0.468 e. The highest BCUT2D eigenvalue weighted by Gasteiger charge is 2.49. The average Bonchev–Trinajstić information content (AvgIpc) is 2.39. The zero-order chi connectivity index (χ0) is 18.0. The molecule has 0 spiro atoms. The SMILES string of the molecule is O=C(NCc1ccnc(OCC(F)(F)F)c1)C1CC(C(F)(F)F)C1. The van der Waals surface area contributed by atoms with Crippen molar-refractivity contribution < 1.29 is 35.9 Å². The predicted octanol–water partition coefficient (Wildman–Crippen LogP) is 3.23. The summed E-state index contributed by atoms with van der Waals surface area (Å²) in [6, 6.07) is 2.69. The number of hydrogen-bond donors (Lipinski definition) is 1. The lowest BCUT2D eigenvalue weighted by Gasteiger charge is -2.35. The van der Waals surface area contributed by atoms with Crippen molar-refractivity contribution in [3.63, 3.8) is 0 Å². The Kier molecular flexibility index (Phi) is 5.24. The van der Waals surface area contributed by atoms with Gasteiger partial charge in [-0.05, 0) is 24.5 Å². The van der Waals surface area contributed by atoms with Crippen LogP contribution in [0, 0.1) is 11.8 Å². The number of nitrogens with one attached hydrogen (secondary N) is 1. The highest BCUT2D eigenvalue weighted by molar-refractivity contribution is 5.79. The van der Waals surface area contributed by atoms with Crippen molar-refractivity contribution in [1.29, 1.82) is 0 Å². The van der Waals surface area contributed by atoms with E-state index in [1.54, 1.807) is 0 Å². The third-order valence-electron chi connectivity index (χ3n) is 3.62. The summed E-state index contributed by atoms with van der Waals surface area (Å²) in [6.45, 7) is -1.52. The lowest BCUT2D eigenvalue weighted by molar-refractivity contribution is -0.204. The molecular formula is C14H14F6N2O2. The van der Waals surface area contributed by atoms with Gasteiger partial charge < -0.3 is 10.1 Å². The summed E-state index contributed by atoms with van der Waals surface area (Å²) >= 11 is 0. The van der Waals surface area contributed by atoms with Crippen LogP contribution in [0.2, 0.25) is 0 Å². The van der Waals surface area contributed by atoms with Crippen molar-refractivity contribution in [2.24, 2.45) is 11.8 Å². The lowest BCUT2D eigenvalue weighted by atomic mass is 9.74. The molecule has 1 aromatic rings. The number of nitrogens with zero attached hydrogens (tertiary/aromatic N) is 1. The van der Waals surface area contributed by atoms with E-state index in [9.17, 15) is 31.1 Å². The van der Waals surface area contributed by atoms with Crippen LogP contribution in [0.4, 0.5) is 26.3 Å². The van der Waals surface area contributed by atoms with Crippen LogP contribution < -0.4 is 10.1 Å². The van der Waals surface area contributed by atoms with Crippen molar-refractivity contribution in [1.82, 2.24) is 10.3 Å². The van der Waals surface area contributed by atoms with Crippen molar-refractivity contribution in [3.05, 3.63) is 23.9 Å². The number of pyridine rings is 1. The highest BCUT2D eigenvalue weighted by Crippen LogP contribution is 2.44. The van der Waals surface area contributed by atoms with Crippen LogP contribution in [0.5, 0.6) is 5.88 Å². The number of carbonyl (C=O) groups excluding carboxylic acids is 1. The van der Waals surface area contributed by atoms with Gasteiger partial charge in [-0.1, -0.05) is 0 Å². The summed E-state index contributed by atoms with van der Waals surface area (Å²) in [5.41, 5.74) is 0.433. The number of ether oxygens (including phenoxy) is 1. The summed E-state index contributed by atoms with van der Waals surface area (Å²) in [5.74, 6) is -2.90. The number of hydrogen-bond acceptors (Lipinski definition) is 3. The molecule has 2 rings (SSSR count). The molecule has 0 aromatic carbocycles. The summed E-state index contributed by atoms with van der Waals surface area (Å²) < 4.78 is 77.7. The smallest absolute Gasteiger partial charge is 0.422 e. The molecule has 1 heterocycles. The number of rotatable bonds is 5. The molecule has 0 saturated heterocycles. The lowest BCUT2D eigenvalue weighted by Crippen LogP contribution is -2.43. The van der Waals surface area contributed by atoms with Gasteiger partial charge in [0, 0.05) is 24.7 Å². The van der Waals surface area contributed by atoms with Crippen molar-refractivity contribution in [2.75, 3.05) is 6.61 Å². The van der Waals surface area contributed by atoms with Gasteiger partial charge in [0.2, 0.25) is 11.8 Å². The van der Waals surface area contributed by atoms with E-state index in [2.05, 4.69) is 15.0 Å². The predicted molar refractivity (Wildman–Crippen MR) is 69.9 cm³/mol. The maximum Gasteiger partial charge on any atom is 0.422 e. The fraction of sp³-hybridized carbons (Fsp3) is 0.571. The second-order valence-electron chi connectivity index (χ2n) is 5.53. The van der Waals surface area contributed by atoms with Gasteiger partial charge in [0.05, 0.1) is 5.92 Å². The molecule has 24 heavy (non-hydrogen) atoms. The number of carbonyl (C=O) groups is 1. The quantitative estimate of drug-likeness (QED) is 0.825. The van der Waals surface area contributed by atoms with Gasteiger partial charge in [0.15, 0.2) is 6.61 Å². The Balaban J connectivity index is 1.79. The first-order valence-corrected chi connectivity index (χ1v) is 7.03. The molecule has 0 aliphatic heterocycles. The molecule has 1 amide bonds. The molecule has 0 radical (unpaired) electrons. The van der Waals surface area contributed by atoms with Crippen LogP contribution in [0.1, 0.15) is 18.4 Å². The van der Waals surface area contributed by atoms with E-state index < -0.39 is 36.7 Å². The van der Waals surface area contributed by atoms with E-state index in [0.29, 0.717) is 5.56 Å². The Labute approximate surface area is 133 Å². The second-order valence-corrected chi connectivity index (χ2v) is 5.53. The molecule has 1 fully saturated rings. The maximum absolute atomic E-state index is 12.4. The fourth-order valence-corrected chi connectivity index (χ4v) is 2.23. The van der Waals surface area contributed by atoms with E-state index in [0.717, 1.165) is 0 Å². The first kappa shape index (κ1) is 18.3. The summed E-state index contributed by atoms with van der Waals surface area (Å²) in [4.78, 5) is 15.3. The number of amides is 1. The molecule has 0 atom stereocenters. The second kappa shape index (κ2) is 6.86. The van der Waals surface area contributed by atoms with E-state index in [1.165, 1.54) is 18.3 Å². The van der Waals surface area contributed by atoms with Crippen LogP contribution >= 0.6 is 0 Å². The van der Waals surface area contributed by atoms with E-state index >= 15 is 0 Å². The molecule has 1 N–H and O–H groups in total. The summed E-state index contributed by atoms with van der Waals surface area (Å²) in [6.07, 6.45) is -8.05. The zero-order valence-corrected chi connectivity index (χ0v) is 12.2. The number of alkyl halides is 6. The van der Waals surface area contributed by atoms with Crippen molar-refractivity contribution >= 4 is 5.91 Å². The van der Waals surface area contributed by atoms with E-state index in [4.69, 9.17) is 0 Å². The normalized spacial score (nSPS) is 21.1. The Morgan fingerprint density at radius 2 is 1.92 bits per heavy atom. The standard InChI is InChI=1S/C14H14F6N2O2/c15-13(16,17)7-24-11-3-8(1-2-21-11)6-22-12(23)9-4-10(5-9)14(18,19)20/h1-3,9-10H,4-7H2,(H,22,23). The van der Waals surface area contributed by atoms with E-state index in [1.807, 2.05) is 0 Å². The van der Waals surface area contributed by atoms with Gasteiger partial charge in [-0.15, -0.1) is 0 Å². The Morgan fingerprint density at radius 3 is 2.50 bits per heavy atom. The molecule has 10 heteroatoms. The van der Waals surface area contributed by atoms with Gasteiger partial charge in [0.25, 0.3) is 0 Å². The largest absolute Gasteiger partial charge is 0.468 e. The Morgan fingerprint density at radius 1 is 1.25 bits per heavy atom. The summed E-state index contributed by atoms with van der Waals surface area (Å²) in [7, 11) is 0. The number of halogens is 6. The Hall–Kier alpha value is -2.00. The number of aromatic nitrogens is 1. The molecule has 1 aliphatic rings. The average molecular weight is 356 g/mol. The minimum atomic E-state index is -4.49. The van der Waals surface area contributed by atoms with Crippen molar-refractivity contribution in [2.45, 2.75) is 31.7 Å². The van der Waals surface area contributed by atoms with Crippen LogP contribution in [-0.2, 0) is 11.3 Å². The van der Waals surface area contributed by atoms with Gasteiger partial charge >= 0.3 is 12.4 Å². The minimum absolute atomic E-state index is 0.0308. The van der Waals surface area contributed by atoms with Crippen LogP contribution in [0.25, 0.3) is 0 Å². The molecule has 1 saturated carbocycles. The van der Waals surface area contributed by atoms with Gasteiger partial charge in [-0.2, -0.15) is 26.3 Å². The van der Waals surface area contributed by atoms with Crippen molar-refractivity contribution in [3.8, 4) is 5.88 Å². The van der Waals surface area contributed by atoms with Gasteiger partial charge in [-0.25, -0.2) is 4.98 Å². The third kappa shape index (κ3) is 5.27. The maximum atomic E-state index is 12.4. The van der Waals surface area contributed by atoms with Crippen LogP contribution in [0.15, 0.2) is 18.3 Å². The molecule has 4 nitrogen and oxygen atoms in total. The molecule has 1 aromatic heterocycles. The highest BCUT2D eigenvalue weighted by atomic mass is 19.4. The van der Waals surface area contributed by atoms with Crippen LogP contribution in [-0.4, -0.2) is 29.9 Å². The monoisotopic (exact) mass is 356 g/mol. The topological polar surface area (TPSA) is 51.2 Å². The molecule has 1 aliphatic carbocycles. The third-order valence-corrected chi connectivity index (χ3v) is 3.62. The Bertz CT molecular complexity index is 581. The fourth-order valence-electron chi connectivity index (χ4n) is 2.23. The van der Waals surface area contributed by atoms with E-state index in [-0.39, 0.29) is 25.3 Å². The van der Waals surface area contributed by atoms with Gasteiger partial charge in [0.1, 0.15) is 0 Å². The first-order valence-electron chi connectivity index (χ1n) is 7.03. The summed E-state index contributed by atoms with van der Waals surface area (Å²) in [5, 5.41) is 2.46. The molecule has 0 unspecified atom stereocenters.